The van der Waals surface area contributed by atoms with Crippen molar-refractivity contribution in [1.82, 2.24) is 10.6 Å². The minimum absolute atomic E-state index is 0.0218. The predicted molar refractivity (Wildman–Crippen MR) is 90.5 cm³/mol. The van der Waals surface area contributed by atoms with E-state index in [0.717, 1.165) is 37.4 Å². The first-order chi connectivity index (χ1) is 11.3. The zero-order chi connectivity index (χ0) is 15.9. The van der Waals surface area contributed by atoms with Crippen LogP contribution in [0.1, 0.15) is 22.3 Å². The van der Waals surface area contributed by atoms with E-state index in [0.29, 0.717) is 18.1 Å². The Labute approximate surface area is 136 Å². The number of rotatable bonds is 6. The van der Waals surface area contributed by atoms with Crippen molar-refractivity contribution in [3.05, 3.63) is 65.7 Å². The van der Waals surface area contributed by atoms with Crippen LogP contribution in [0.4, 0.5) is 0 Å². The molecule has 1 aliphatic heterocycles. The van der Waals surface area contributed by atoms with Crippen molar-refractivity contribution < 1.29 is 9.53 Å². The lowest BCUT2D eigenvalue weighted by Crippen LogP contribution is -2.30. The molecule has 0 spiro atoms. The summed E-state index contributed by atoms with van der Waals surface area (Å²) in [5.74, 6) is 1.30. The van der Waals surface area contributed by atoms with E-state index in [4.69, 9.17) is 4.74 Å². The topological polar surface area (TPSA) is 50.4 Å². The average Bonchev–Trinajstić information content (AvgIpc) is 3.13. The Kier molecular flexibility index (Phi) is 5.27. The SMILES string of the molecule is O=C(NCC1CCNC1)c1ccc(OCc2ccccc2)cc1. The van der Waals surface area contributed by atoms with Gasteiger partial charge in [-0.3, -0.25) is 4.79 Å². The van der Waals surface area contributed by atoms with Crippen LogP contribution in [0.5, 0.6) is 5.75 Å². The van der Waals surface area contributed by atoms with E-state index in [1.807, 2.05) is 54.6 Å². The quantitative estimate of drug-likeness (QED) is 0.862. The summed E-state index contributed by atoms with van der Waals surface area (Å²) in [4.78, 5) is 12.1. The van der Waals surface area contributed by atoms with Gasteiger partial charge in [-0.2, -0.15) is 0 Å². The van der Waals surface area contributed by atoms with Gasteiger partial charge in [0.25, 0.3) is 5.91 Å². The molecule has 4 nitrogen and oxygen atoms in total. The Morgan fingerprint density at radius 3 is 2.61 bits per heavy atom. The van der Waals surface area contributed by atoms with Gasteiger partial charge in [0.1, 0.15) is 12.4 Å². The van der Waals surface area contributed by atoms with E-state index in [1.165, 1.54) is 0 Å². The number of amides is 1. The van der Waals surface area contributed by atoms with E-state index < -0.39 is 0 Å². The largest absolute Gasteiger partial charge is 0.489 e. The highest BCUT2D eigenvalue weighted by Gasteiger charge is 2.15. The number of nitrogens with one attached hydrogen (secondary N) is 2. The van der Waals surface area contributed by atoms with Gasteiger partial charge in [0.05, 0.1) is 0 Å². The molecule has 3 rings (SSSR count). The second-order valence-electron chi connectivity index (χ2n) is 5.87. The summed E-state index contributed by atoms with van der Waals surface area (Å²) >= 11 is 0. The molecule has 1 fully saturated rings. The van der Waals surface area contributed by atoms with Crippen molar-refractivity contribution in [1.29, 1.82) is 0 Å². The van der Waals surface area contributed by atoms with Gasteiger partial charge in [-0.05, 0) is 55.3 Å². The first-order valence-electron chi connectivity index (χ1n) is 8.07. The van der Waals surface area contributed by atoms with Gasteiger partial charge in [-0.25, -0.2) is 0 Å². The first-order valence-corrected chi connectivity index (χ1v) is 8.07. The van der Waals surface area contributed by atoms with Crippen LogP contribution in [0, 0.1) is 5.92 Å². The third kappa shape index (κ3) is 4.57. The molecule has 1 atom stereocenters. The van der Waals surface area contributed by atoms with Crippen LogP contribution in [-0.4, -0.2) is 25.5 Å². The molecule has 1 aliphatic rings. The summed E-state index contributed by atoms with van der Waals surface area (Å²) in [6.45, 7) is 3.31. The van der Waals surface area contributed by atoms with E-state index in [1.54, 1.807) is 0 Å². The van der Waals surface area contributed by atoms with Crippen LogP contribution >= 0.6 is 0 Å². The van der Waals surface area contributed by atoms with Gasteiger partial charge in [-0.15, -0.1) is 0 Å². The highest BCUT2D eigenvalue weighted by atomic mass is 16.5. The van der Waals surface area contributed by atoms with Crippen molar-refractivity contribution in [3.63, 3.8) is 0 Å². The summed E-state index contributed by atoms with van der Waals surface area (Å²) in [6, 6.07) is 17.3. The third-order valence-electron chi connectivity index (χ3n) is 4.08. The summed E-state index contributed by atoms with van der Waals surface area (Å²) in [7, 11) is 0. The van der Waals surface area contributed by atoms with Gasteiger partial charge in [0, 0.05) is 12.1 Å². The zero-order valence-electron chi connectivity index (χ0n) is 13.1. The molecule has 23 heavy (non-hydrogen) atoms. The molecule has 0 aliphatic carbocycles. The Bertz CT molecular complexity index is 620. The van der Waals surface area contributed by atoms with Crippen molar-refractivity contribution in [2.75, 3.05) is 19.6 Å². The number of carbonyl (C=O) groups is 1. The van der Waals surface area contributed by atoms with Gasteiger partial charge in [0.2, 0.25) is 0 Å². The lowest BCUT2D eigenvalue weighted by molar-refractivity contribution is 0.0948. The lowest BCUT2D eigenvalue weighted by Gasteiger charge is -2.11. The Hall–Kier alpha value is -2.33. The van der Waals surface area contributed by atoms with Crippen molar-refractivity contribution >= 4 is 5.91 Å². The number of carbonyl (C=O) groups excluding carboxylic acids is 1. The maximum atomic E-state index is 12.1. The highest BCUT2D eigenvalue weighted by molar-refractivity contribution is 5.94. The fourth-order valence-corrected chi connectivity index (χ4v) is 2.67. The smallest absolute Gasteiger partial charge is 0.251 e. The molecule has 1 heterocycles. The Balaban J connectivity index is 1.49. The number of hydrogen-bond donors (Lipinski definition) is 2. The molecule has 2 aromatic rings. The third-order valence-corrected chi connectivity index (χ3v) is 4.08. The van der Waals surface area contributed by atoms with Crippen molar-refractivity contribution in [2.24, 2.45) is 5.92 Å². The summed E-state index contributed by atoms with van der Waals surface area (Å²) in [5.41, 5.74) is 1.79. The van der Waals surface area contributed by atoms with Gasteiger partial charge >= 0.3 is 0 Å². The van der Waals surface area contributed by atoms with Crippen LogP contribution < -0.4 is 15.4 Å². The minimum atomic E-state index is -0.0218. The Morgan fingerprint density at radius 1 is 1.13 bits per heavy atom. The maximum absolute atomic E-state index is 12.1. The van der Waals surface area contributed by atoms with Crippen LogP contribution in [0.3, 0.4) is 0 Å². The standard InChI is InChI=1S/C19H22N2O2/c22-19(21-13-16-10-11-20-12-16)17-6-8-18(9-7-17)23-14-15-4-2-1-3-5-15/h1-9,16,20H,10-14H2,(H,21,22). The normalized spacial score (nSPS) is 17.0. The number of ether oxygens (including phenoxy) is 1. The molecule has 1 amide bonds. The minimum Gasteiger partial charge on any atom is -0.489 e. The summed E-state index contributed by atoms with van der Waals surface area (Å²) < 4.78 is 5.73. The molecular formula is C19H22N2O2. The maximum Gasteiger partial charge on any atom is 0.251 e. The molecule has 2 N–H and O–H groups in total. The molecule has 0 radical (unpaired) electrons. The van der Waals surface area contributed by atoms with Crippen molar-refractivity contribution in [2.45, 2.75) is 13.0 Å². The fraction of sp³-hybridized carbons (Fsp3) is 0.316. The monoisotopic (exact) mass is 310 g/mol. The van der Waals surface area contributed by atoms with Gasteiger partial charge < -0.3 is 15.4 Å². The molecule has 4 heteroatoms. The van der Waals surface area contributed by atoms with E-state index in [-0.39, 0.29) is 5.91 Å². The molecule has 0 saturated carbocycles. The predicted octanol–water partition coefficient (Wildman–Crippen LogP) is 2.60. The number of hydrogen-bond acceptors (Lipinski definition) is 3. The van der Waals surface area contributed by atoms with E-state index >= 15 is 0 Å². The van der Waals surface area contributed by atoms with Gasteiger partial charge in [-0.1, -0.05) is 30.3 Å². The second kappa shape index (κ2) is 7.79. The van der Waals surface area contributed by atoms with Crippen LogP contribution in [0.25, 0.3) is 0 Å². The number of benzene rings is 2. The van der Waals surface area contributed by atoms with E-state index in [2.05, 4.69) is 10.6 Å². The molecule has 1 unspecified atom stereocenters. The molecule has 2 aromatic carbocycles. The highest BCUT2D eigenvalue weighted by Crippen LogP contribution is 2.14. The zero-order valence-corrected chi connectivity index (χ0v) is 13.1. The summed E-state index contributed by atoms with van der Waals surface area (Å²) in [6.07, 6.45) is 1.13. The van der Waals surface area contributed by atoms with Crippen LogP contribution in [-0.2, 0) is 6.61 Å². The second-order valence-corrected chi connectivity index (χ2v) is 5.87. The molecule has 1 saturated heterocycles. The average molecular weight is 310 g/mol. The lowest BCUT2D eigenvalue weighted by atomic mass is 10.1. The Morgan fingerprint density at radius 2 is 1.91 bits per heavy atom. The summed E-state index contributed by atoms with van der Waals surface area (Å²) in [5, 5.41) is 6.30. The molecule has 120 valence electrons. The molecular weight excluding hydrogens is 288 g/mol. The van der Waals surface area contributed by atoms with Gasteiger partial charge in [0.15, 0.2) is 0 Å². The molecule has 0 bridgehead atoms. The first kappa shape index (κ1) is 15.6. The molecule has 0 aromatic heterocycles. The van der Waals surface area contributed by atoms with E-state index in [9.17, 15) is 4.79 Å². The van der Waals surface area contributed by atoms with Crippen molar-refractivity contribution in [3.8, 4) is 5.75 Å². The van der Waals surface area contributed by atoms with Crippen LogP contribution in [0.15, 0.2) is 54.6 Å². The van der Waals surface area contributed by atoms with Crippen LogP contribution in [0.2, 0.25) is 0 Å². The fourth-order valence-electron chi connectivity index (χ4n) is 2.67.